The highest BCUT2D eigenvalue weighted by atomic mass is 79.9. The van der Waals surface area contributed by atoms with Gasteiger partial charge in [-0.05, 0) is 49.1 Å². The minimum atomic E-state index is 0.163. The molecule has 0 aliphatic heterocycles. The fraction of sp³-hybridized carbons (Fsp3) is 0.353. The number of nitrogens with zero attached hydrogens (tertiary/aromatic N) is 2. The maximum Gasteiger partial charge on any atom is 0.131 e. The molecule has 112 valence electrons. The van der Waals surface area contributed by atoms with Crippen molar-refractivity contribution in [2.24, 2.45) is 5.73 Å². The van der Waals surface area contributed by atoms with E-state index in [9.17, 15) is 0 Å². The Morgan fingerprint density at radius 2 is 2.05 bits per heavy atom. The van der Waals surface area contributed by atoms with E-state index >= 15 is 0 Å². The number of hydrogen-bond acceptors (Lipinski definition) is 3. The molecule has 1 heterocycles. The fourth-order valence-electron chi connectivity index (χ4n) is 2.49. The summed E-state index contributed by atoms with van der Waals surface area (Å²) in [7, 11) is 2.07. The number of anilines is 1. The van der Waals surface area contributed by atoms with Crippen molar-refractivity contribution in [1.29, 1.82) is 0 Å². The fourth-order valence-corrected chi connectivity index (χ4v) is 2.94. The van der Waals surface area contributed by atoms with Gasteiger partial charge in [-0.3, -0.25) is 0 Å². The number of halogens is 1. The van der Waals surface area contributed by atoms with Crippen LogP contribution in [0.3, 0.4) is 0 Å². The van der Waals surface area contributed by atoms with E-state index in [-0.39, 0.29) is 6.04 Å². The lowest BCUT2D eigenvalue weighted by Gasteiger charge is -2.21. The molecule has 4 heteroatoms. The minimum absolute atomic E-state index is 0.163. The van der Waals surface area contributed by atoms with E-state index in [0.717, 1.165) is 23.3 Å². The molecule has 2 N–H and O–H groups in total. The summed E-state index contributed by atoms with van der Waals surface area (Å²) in [5, 5.41) is 0. The molecule has 0 aliphatic carbocycles. The van der Waals surface area contributed by atoms with Gasteiger partial charge in [-0.1, -0.05) is 34.1 Å². The molecule has 0 saturated carbocycles. The van der Waals surface area contributed by atoms with Gasteiger partial charge in [0.1, 0.15) is 5.82 Å². The van der Waals surface area contributed by atoms with Crippen molar-refractivity contribution in [2.45, 2.75) is 32.9 Å². The van der Waals surface area contributed by atoms with Gasteiger partial charge in [0.2, 0.25) is 0 Å². The molecule has 0 saturated heterocycles. The Labute approximate surface area is 135 Å². The summed E-state index contributed by atoms with van der Waals surface area (Å²) in [4.78, 5) is 6.78. The summed E-state index contributed by atoms with van der Waals surface area (Å²) >= 11 is 3.51. The molecule has 0 amide bonds. The third-order valence-electron chi connectivity index (χ3n) is 3.34. The Kier molecular flexibility index (Phi) is 5.37. The Balaban J connectivity index is 2.13. The number of benzene rings is 1. The molecular weight excluding hydrogens is 326 g/mol. The second kappa shape index (κ2) is 7.05. The second-order valence-electron chi connectivity index (χ2n) is 5.65. The third kappa shape index (κ3) is 4.55. The van der Waals surface area contributed by atoms with E-state index in [4.69, 9.17) is 5.73 Å². The van der Waals surface area contributed by atoms with Crippen LogP contribution in [-0.2, 0) is 13.0 Å². The van der Waals surface area contributed by atoms with Crippen molar-refractivity contribution in [1.82, 2.24) is 4.98 Å². The van der Waals surface area contributed by atoms with Gasteiger partial charge in [-0.15, -0.1) is 0 Å². The molecular formula is C17H22BrN3. The molecule has 0 radical (unpaired) electrons. The van der Waals surface area contributed by atoms with Crippen LogP contribution in [0.2, 0.25) is 0 Å². The first-order valence-electron chi connectivity index (χ1n) is 7.12. The van der Waals surface area contributed by atoms with E-state index in [1.807, 2.05) is 19.2 Å². The highest BCUT2D eigenvalue weighted by molar-refractivity contribution is 9.10. The molecule has 1 unspecified atom stereocenters. The van der Waals surface area contributed by atoms with E-state index in [0.29, 0.717) is 0 Å². The van der Waals surface area contributed by atoms with Crippen molar-refractivity contribution < 1.29 is 0 Å². The van der Waals surface area contributed by atoms with Crippen LogP contribution in [0.1, 0.15) is 23.6 Å². The number of hydrogen-bond donors (Lipinski definition) is 1. The number of rotatable bonds is 5. The summed E-state index contributed by atoms with van der Waals surface area (Å²) in [6.07, 6.45) is 2.80. The zero-order valence-corrected chi connectivity index (χ0v) is 14.4. The summed E-state index contributed by atoms with van der Waals surface area (Å²) < 4.78 is 1.10. The van der Waals surface area contributed by atoms with Crippen molar-refractivity contribution in [3.8, 4) is 0 Å². The van der Waals surface area contributed by atoms with Crippen LogP contribution in [0.15, 0.2) is 41.0 Å². The van der Waals surface area contributed by atoms with E-state index in [1.54, 1.807) is 0 Å². The van der Waals surface area contributed by atoms with Crippen LogP contribution in [-0.4, -0.2) is 18.1 Å². The Bertz CT molecular complexity index is 611. The summed E-state index contributed by atoms with van der Waals surface area (Å²) in [5.41, 5.74) is 9.49. The van der Waals surface area contributed by atoms with Crippen molar-refractivity contribution >= 4 is 21.7 Å². The van der Waals surface area contributed by atoms with Crippen LogP contribution in [0.4, 0.5) is 5.82 Å². The molecule has 0 spiro atoms. The number of pyridine rings is 1. The predicted octanol–water partition coefficient (Wildman–Crippen LogP) is 3.68. The van der Waals surface area contributed by atoms with Gasteiger partial charge in [0.05, 0.1) is 0 Å². The zero-order chi connectivity index (χ0) is 15.4. The maximum absolute atomic E-state index is 5.85. The first-order chi connectivity index (χ1) is 9.95. The molecule has 0 fully saturated rings. The van der Waals surface area contributed by atoms with Crippen LogP contribution in [0.5, 0.6) is 0 Å². The maximum atomic E-state index is 5.85. The van der Waals surface area contributed by atoms with Gasteiger partial charge >= 0.3 is 0 Å². The van der Waals surface area contributed by atoms with Gasteiger partial charge in [-0.25, -0.2) is 4.98 Å². The molecule has 3 nitrogen and oxygen atoms in total. The predicted molar refractivity (Wildman–Crippen MR) is 92.6 cm³/mol. The van der Waals surface area contributed by atoms with Crippen LogP contribution in [0.25, 0.3) is 0 Å². The average molecular weight is 348 g/mol. The van der Waals surface area contributed by atoms with E-state index in [1.165, 1.54) is 16.7 Å². The van der Waals surface area contributed by atoms with E-state index in [2.05, 4.69) is 64.1 Å². The van der Waals surface area contributed by atoms with E-state index < -0.39 is 0 Å². The smallest absolute Gasteiger partial charge is 0.131 e. The molecule has 0 bridgehead atoms. The average Bonchev–Trinajstić information content (AvgIpc) is 2.37. The lowest BCUT2D eigenvalue weighted by Crippen LogP contribution is -2.20. The standard InChI is InChI=1S/C17H22BrN3/c1-12-7-15(8-13(2)19)10-20-17(12)21(3)11-14-5-4-6-16(18)9-14/h4-7,9-10,13H,8,11,19H2,1-3H3. The van der Waals surface area contributed by atoms with Gasteiger partial charge in [-0.2, -0.15) is 0 Å². The van der Waals surface area contributed by atoms with Crippen LogP contribution < -0.4 is 10.6 Å². The topological polar surface area (TPSA) is 42.1 Å². The highest BCUT2D eigenvalue weighted by Gasteiger charge is 2.09. The van der Waals surface area contributed by atoms with Crippen LogP contribution in [0, 0.1) is 6.92 Å². The lowest BCUT2D eigenvalue weighted by molar-refractivity contribution is 0.734. The second-order valence-corrected chi connectivity index (χ2v) is 6.57. The lowest BCUT2D eigenvalue weighted by atomic mass is 10.1. The Morgan fingerprint density at radius 3 is 2.67 bits per heavy atom. The molecule has 2 rings (SSSR count). The Morgan fingerprint density at radius 1 is 1.29 bits per heavy atom. The quantitative estimate of drug-likeness (QED) is 0.896. The minimum Gasteiger partial charge on any atom is -0.355 e. The Hall–Kier alpha value is -1.39. The van der Waals surface area contributed by atoms with Gasteiger partial charge in [0.15, 0.2) is 0 Å². The first kappa shape index (κ1) is 16.0. The van der Waals surface area contributed by atoms with Gasteiger partial charge < -0.3 is 10.6 Å². The zero-order valence-electron chi connectivity index (χ0n) is 12.8. The molecule has 2 aromatic rings. The van der Waals surface area contributed by atoms with Crippen molar-refractivity contribution in [3.05, 3.63) is 57.7 Å². The highest BCUT2D eigenvalue weighted by Crippen LogP contribution is 2.20. The summed E-state index contributed by atoms with van der Waals surface area (Å²) in [5.74, 6) is 1.02. The number of aromatic nitrogens is 1. The van der Waals surface area contributed by atoms with Gasteiger partial charge in [0.25, 0.3) is 0 Å². The number of aryl methyl sites for hydroxylation is 1. The molecule has 1 aromatic carbocycles. The summed E-state index contributed by atoms with van der Waals surface area (Å²) in [6.45, 7) is 4.95. The molecule has 0 aliphatic rings. The van der Waals surface area contributed by atoms with Gasteiger partial charge in [0, 0.05) is 30.3 Å². The number of nitrogens with two attached hydrogens (primary N) is 1. The van der Waals surface area contributed by atoms with Crippen molar-refractivity contribution in [2.75, 3.05) is 11.9 Å². The largest absolute Gasteiger partial charge is 0.355 e. The molecule has 1 aromatic heterocycles. The third-order valence-corrected chi connectivity index (χ3v) is 3.83. The molecule has 21 heavy (non-hydrogen) atoms. The van der Waals surface area contributed by atoms with Crippen LogP contribution >= 0.6 is 15.9 Å². The first-order valence-corrected chi connectivity index (χ1v) is 7.91. The molecule has 1 atom stereocenters. The SMILES string of the molecule is Cc1cc(CC(C)N)cnc1N(C)Cc1cccc(Br)c1. The normalized spacial score (nSPS) is 12.2. The van der Waals surface area contributed by atoms with Crippen molar-refractivity contribution in [3.63, 3.8) is 0 Å². The summed E-state index contributed by atoms with van der Waals surface area (Å²) in [6, 6.07) is 10.7. The monoisotopic (exact) mass is 347 g/mol.